The van der Waals surface area contributed by atoms with Crippen molar-refractivity contribution in [3.63, 3.8) is 0 Å². The number of aromatic nitrogens is 4. The second-order valence-corrected chi connectivity index (χ2v) is 7.75. The Balaban J connectivity index is 1.93. The number of nitrogens with one attached hydrogen (secondary N) is 1. The molecule has 1 aromatic carbocycles. The van der Waals surface area contributed by atoms with Gasteiger partial charge in [0.25, 0.3) is 0 Å². The molecule has 1 N–H and O–H groups in total. The predicted octanol–water partition coefficient (Wildman–Crippen LogP) is 3.24. The maximum Gasteiger partial charge on any atom is 0.338 e. The van der Waals surface area contributed by atoms with E-state index in [4.69, 9.17) is 4.74 Å². The van der Waals surface area contributed by atoms with Crippen LogP contribution in [0.5, 0.6) is 0 Å². The van der Waals surface area contributed by atoms with Crippen molar-refractivity contribution < 1.29 is 9.53 Å². The molecular weight excluding hydrogens is 342 g/mol. The highest BCUT2D eigenvalue weighted by Crippen LogP contribution is 2.39. The molecule has 1 aliphatic carbocycles. The number of benzene rings is 1. The molecule has 0 saturated heterocycles. The van der Waals surface area contributed by atoms with Gasteiger partial charge in [-0.3, -0.25) is 0 Å². The number of tetrazole rings is 1. The summed E-state index contributed by atoms with van der Waals surface area (Å²) in [6, 6.07) is 7.56. The van der Waals surface area contributed by atoms with Crippen LogP contribution in [-0.2, 0) is 10.3 Å². The first-order valence-electron chi connectivity index (χ1n) is 9.79. The van der Waals surface area contributed by atoms with Crippen LogP contribution >= 0.6 is 0 Å². The standard InChI is InChI=1S/C20H29N5O2/c1-5-27-18(26)16-6-8-17(9-7-16)25-19(22-23-24-25)20(21-14(2)3)12-10-15(4)11-13-20/h6-9,14-15,21H,5,10-13H2,1-4H3. The molecular formula is C20H29N5O2. The summed E-state index contributed by atoms with van der Waals surface area (Å²) in [4.78, 5) is 11.9. The molecule has 27 heavy (non-hydrogen) atoms. The molecule has 0 atom stereocenters. The molecule has 2 aromatic rings. The molecule has 0 bridgehead atoms. The summed E-state index contributed by atoms with van der Waals surface area (Å²) in [5.41, 5.74) is 1.13. The summed E-state index contributed by atoms with van der Waals surface area (Å²) >= 11 is 0. The smallest absolute Gasteiger partial charge is 0.338 e. The molecule has 0 radical (unpaired) electrons. The molecule has 1 fully saturated rings. The Morgan fingerprint density at radius 1 is 1.30 bits per heavy atom. The Hall–Kier alpha value is -2.28. The molecule has 0 amide bonds. The van der Waals surface area contributed by atoms with Crippen molar-refractivity contribution in [2.75, 3.05) is 6.61 Å². The van der Waals surface area contributed by atoms with E-state index < -0.39 is 0 Å². The molecule has 7 heteroatoms. The minimum absolute atomic E-state index is 0.232. The number of hydrogen-bond donors (Lipinski definition) is 1. The Kier molecular flexibility index (Phi) is 5.89. The third-order valence-corrected chi connectivity index (χ3v) is 5.21. The zero-order valence-electron chi connectivity index (χ0n) is 16.6. The van der Waals surface area contributed by atoms with E-state index in [0.717, 1.165) is 43.1 Å². The van der Waals surface area contributed by atoms with E-state index in [-0.39, 0.29) is 11.5 Å². The molecule has 0 unspecified atom stereocenters. The average molecular weight is 371 g/mol. The highest BCUT2D eigenvalue weighted by molar-refractivity contribution is 5.89. The van der Waals surface area contributed by atoms with Gasteiger partial charge in [-0.25, -0.2) is 4.79 Å². The maximum absolute atomic E-state index is 11.9. The second-order valence-electron chi connectivity index (χ2n) is 7.75. The highest BCUT2D eigenvalue weighted by atomic mass is 16.5. The van der Waals surface area contributed by atoms with Gasteiger partial charge in [0.2, 0.25) is 0 Å². The van der Waals surface area contributed by atoms with Crippen molar-refractivity contribution in [2.24, 2.45) is 5.92 Å². The van der Waals surface area contributed by atoms with Crippen molar-refractivity contribution in [1.82, 2.24) is 25.5 Å². The Bertz CT molecular complexity index is 761. The lowest BCUT2D eigenvalue weighted by Gasteiger charge is -2.40. The second kappa shape index (κ2) is 8.17. The van der Waals surface area contributed by atoms with Crippen LogP contribution in [0.25, 0.3) is 5.69 Å². The van der Waals surface area contributed by atoms with E-state index in [1.807, 2.05) is 12.1 Å². The van der Waals surface area contributed by atoms with Crippen LogP contribution in [-0.4, -0.2) is 38.8 Å². The summed E-state index contributed by atoms with van der Waals surface area (Å²) in [6.07, 6.45) is 4.31. The molecule has 0 spiro atoms. The highest BCUT2D eigenvalue weighted by Gasteiger charge is 2.41. The Morgan fingerprint density at radius 3 is 2.56 bits per heavy atom. The van der Waals surface area contributed by atoms with E-state index in [2.05, 4.69) is 41.6 Å². The number of nitrogens with zero attached hydrogens (tertiary/aromatic N) is 4. The molecule has 1 aliphatic rings. The SMILES string of the molecule is CCOC(=O)c1ccc(-n2nnnc2C2(NC(C)C)CCC(C)CC2)cc1. The van der Waals surface area contributed by atoms with Gasteiger partial charge in [0.1, 0.15) is 0 Å². The number of carbonyl (C=O) groups is 1. The summed E-state index contributed by atoms with van der Waals surface area (Å²) < 4.78 is 6.84. The minimum Gasteiger partial charge on any atom is -0.462 e. The van der Waals surface area contributed by atoms with Gasteiger partial charge in [-0.05, 0) is 87.1 Å². The lowest BCUT2D eigenvalue weighted by Crippen LogP contribution is -2.49. The van der Waals surface area contributed by atoms with E-state index in [1.165, 1.54) is 0 Å². The first kappa shape index (κ1) is 19.5. The fraction of sp³-hybridized carbons (Fsp3) is 0.600. The van der Waals surface area contributed by atoms with Gasteiger partial charge in [0, 0.05) is 6.04 Å². The molecule has 1 saturated carbocycles. The monoisotopic (exact) mass is 371 g/mol. The Morgan fingerprint density at radius 2 is 1.96 bits per heavy atom. The third-order valence-electron chi connectivity index (χ3n) is 5.21. The topological polar surface area (TPSA) is 81.9 Å². The van der Waals surface area contributed by atoms with Crippen LogP contribution in [0.3, 0.4) is 0 Å². The Labute approximate surface area is 160 Å². The van der Waals surface area contributed by atoms with Gasteiger partial charge in [-0.15, -0.1) is 5.10 Å². The zero-order valence-corrected chi connectivity index (χ0v) is 16.6. The van der Waals surface area contributed by atoms with Gasteiger partial charge >= 0.3 is 5.97 Å². The fourth-order valence-electron chi connectivity index (χ4n) is 3.85. The van der Waals surface area contributed by atoms with Gasteiger partial charge in [0.15, 0.2) is 5.82 Å². The minimum atomic E-state index is -0.319. The lowest BCUT2D eigenvalue weighted by atomic mass is 9.76. The number of esters is 1. The molecule has 146 valence electrons. The van der Waals surface area contributed by atoms with Gasteiger partial charge in [-0.2, -0.15) is 4.68 Å². The fourth-order valence-corrected chi connectivity index (χ4v) is 3.85. The predicted molar refractivity (Wildman–Crippen MR) is 103 cm³/mol. The first-order valence-corrected chi connectivity index (χ1v) is 9.79. The van der Waals surface area contributed by atoms with Crippen LogP contribution in [0.2, 0.25) is 0 Å². The molecule has 1 aromatic heterocycles. The number of carbonyl (C=O) groups excluding carboxylic acids is 1. The number of hydrogen-bond acceptors (Lipinski definition) is 6. The van der Waals surface area contributed by atoms with Crippen LogP contribution in [0.1, 0.15) is 69.6 Å². The summed E-state index contributed by atoms with van der Waals surface area (Å²) in [6.45, 7) is 8.77. The zero-order chi connectivity index (χ0) is 19.4. The van der Waals surface area contributed by atoms with E-state index in [9.17, 15) is 4.79 Å². The normalized spacial score (nSPS) is 22.8. The first-order chi connectivity index (χ1) is 12.9. The van der Waals surface area contributed by atoms with Crippen LogP contribution in [0.4, 0.5) is 0 Å². The van der Waals surface area contributed by atoms with Gasteiger partial charge in [-0.1, -0.05) is 6.92 Å². The van der Waals surface area contributed by atoms with Crippen LogP contribution in [0.15, 0.2) is 24.3 Å². The lowest BCUT2D eigenvalue weighted by molar-refractivity contribution is 0.0526. The van der Waals surface area contributed by atoms with Crippen molar-refractivity contribution in [3.05, 3.63) is 35.7 Å². The summed E-state index contributed by atoms with van der Waals surface area (Å²) in [5.74, 6) is 1.24. The van der Waals surface area contributed by atoms with E-state index in [0.29, 0.717) is 18.2 Å². The van der Waals surface area contributed by atoms with Crippen molar-refractivity contribution in [1.29, 1.82) is 0 Å². The van der Waals surface area contributed by atoms with Crippen molar-refractivity contribution >= 4 is 5.97 Å². The maximum atomic E-state index is 11.9. The summed E-state index contributed by atoms with van der Waals surface area (Å²) in [5, 5.41) is 16.3. The molecule has 1 heterocycles. The van der Waals surface area contributed by atoms with Crippen molar-refractivity contribution in [2.45, 2.75) is 65.0 Å². The molecule has 7 nitrogen and oxygen atoms in total. The van der Waals surface area contributed by atoms with Gasteiger partial charge in [0.05, 0.1) is 23.4 Å². The van der Waals surface area contributed by atoms with Crippen molar-refractivity contribution in [3.8, 4) is 5.69 Å². The summed E-state index contributed by atoms with van der Waals surface area (Å²) in [7, 11) is 0. The largest absolute Gasteiger partial charge is 0.462 e. The third kappa shape index (κ3) is 4.18. The van der Waals surface area contributed by atoms with Crippen LogP contribution < -0.4 is 5.32 Å². The van der Waals surface area contributed by atoms with Gasteiger partial charge < -0.3 is 10.1 Å². The molecule has 0 aliphatic heterocycles. The quantitative estimate of drug-likeness (QED) is 0.785. The van der Waals surface area contributed by atoms with E-state index in [1.54, 1.807) is 23.7 Å². The van der Waals surface area contributed by atoms with Crippen LogP contribution in [0, 0.1) is 5.92 Å². The average Bonchev–Trinajstić information content (AvgIpc) is 3.14. The molecule has 3 rings (SSSR count). The number of ether oxygens (including phenoxy) is 1. The van der Waals surface area contributed by atoms with E-state index >= 15 is 0 Å². The number of rotatable bonds is 6.